The molecule has 1 amide bonds. The van der Waals surface area contributed by atoms with Crippen LogP contribution in [0.4, 0.5) is 11.8 Å². The van der Waals surface area contributed by atoms with Crippen molar-refractivity contribution in [2.45, 2.75) is 13.5 Å². The van der Waals surface area contributed by atoms with Gasteiger partial charge in [0.1, 0.15) is 19.0 Å². The van der Waals surface area contributed by atoms with Gasteiger partial charge in [0.05, 0.1) is 50.6 Å². The van der Waals surface area contributed by atoms with E-state index in [1.54, 1.807) is 18.2 Å². The fraction of sp³-hybridized carbons (Fsp3) is 0.417. The van der Waals surface area contributed by atoms with Crippen molar-refractivity contribution in [3.8, 4) is 11.5 Å². The number of carbonyl (C=O) groups excluding carboxylic acids is 1. The van der Waals surface area contributed by atoms with Gasteiger partial charge in [-0.05, 0) is 25.1 Å². The second-order valence-electron chi connectivity index (χ2n) is 7.75. The number of hydrogen-bond acceptors (Lipinski definition) is 10. The Hall–Kier alpha value is -3.74. The van der Waals surface area contributed by atoms with Crippen molar-refractivity contribution in [1.29, 1.82) is 0 Å². The lowest BCUT2D eigenvalue weighted by atomic mass is 10.1. The van der Waals surface area contributed by atoms with Crippen LogP contribution >= 0.6 is 0 Å². The van der Waals surface area contributed by atoms with Crippen molar-refractivity contribution >= 4 is 28.4 Å². The van der Waals surface area contributed by atoms with E-state index in [1.165, 1.54) is 17.0 Å². The van der Waals surface area contributed by atoms with Gasteiger partial charge in [-0.2, -0.15) is 0 Å². The molecule has 1 aliphatic heterocycles. The summed E-state index contributed by atoms with van der Waals surface area (Å²) in [6, 6.07) is 5.08. The third kappa shape index (κ3) is 6.08. The molecule has 0 aliphatic carbocycles. The minimum absolute atomic E-state index is 0.0561. The second kappa shape index (κ2) is 12.3. The summed E-state index contributed by atoms with van der Waals surface area (Å²) in [6.07, 6.45) is 2.63. The van der Waals surface area contributed by atoms with Crippen LogP contribution in [-0.2, 0) is 20.8 Å². The van der Waals surface area contributed by atoms with Crippen LogP contribution in [0.3, 0.4) is 0 Å². The first-order valence-corrected chi connectivity index (χ1v) is 11.7. The molecule has 2 aromatic heterocycles. The van der Waals surface area contributed by atoms with Gasteiger partial charge in [-0.25, -0.2) is 9.97 Å². The van der Waals surface area contributed by atoms with Crippen molar-refractivity contribution in [2.24, 2.45) is 0 Å². The smallest absolute Gasteiger partial charge is 0.260 e. The van der Waals surface area contributed by atoms with Crippen LogP contribution in [0, 0.1) is 0 Å². The molecular formula is C24H29N5O7. The molecule has 3 heterocycles. The van der Waals surface area contributed by atoms with Gasteiger partial charge in [-0.1, -0.05) is 0 Å². The summed E-state index contributed by atoms with van der Waals surface area (Å²) in [5, 5.41) is 3.70. The number of hydrogen-bond donors (Lipinski definition) is 2. The van der Waals surface area contributed by atoms with Crippen LogP contribution in [-0.4, -0.2) is 73.3 Å². The van der Waals surface area contributed by atoms with Crippen molar-refractivity contribution < 1.29 is 28.5 Å². The highest BCUT2D eigenvalue weighted by molar-refractivity contribution is 6.04. The molecule has 3 N–H and O–H groups in total. The van der Waals surface area contributed by atoms with Gasteiger partial charge in [0.15, 0.2) is 11.5 Å². The Balaban J connectivity index is 1.70. The summed E-state index contributed by atoms with van der Waals surface area (Å²) < 4.78 is 29.9. The van der Waals surface area contributed by atoms with Crippen LogP contribution in [0.25, 0.3) is 10.8 Å². The molecule has 0 unspecified atom stereocenters. The maximum atomic E-state index is 13.3. The van der Waals surface area contributed by atoms with E-state index in [0.717, 1.165) is 0 Å². The Morgan fingerprint density at radius 1 is 0.944 bits per heavy atom. The van der Waals surface area contributed by atoms with Crippen molar-refractivity contribution in [3.05, 3.63) is 46.5 Å². The van der Waals surface area contributed by atoms with Crippen LogP contribution in [0.15, 0.2) is 35.4 Å². The van der Waals surface area contributed by atoms with Gasteiger partial charge < -0.3 is 34.7 Å². The number of aromatic nitrogens is 3. The van der Waals surface area contributed by atoms with Gasteiger partial charge >= 0.3 is 0 Å². The number of carbonyl (C=O) groups is 1. The molecule has 3 aromatic rings. The molecule has 12 heteroatoms. The minimum atomic E-state index is -0.482. The molecule has 1 aromatic carbocycles. The van der Waals surface area contributed by atoms with E-state index in [4.69, 9.17) is 29.4 Å². The molecule has 1 aliphatic rings. The van der Waals surface area contributed by atoms with E-state index in [2.05, 4.69) is 15.3 Å². The number of fused-ring (bicyclic) bond motifs is 3. The highest BCUT2D eigenvalue weighted by Crippen LogP contribution is 2.36. The number of nitrogens with two attached hydrogens (primary N) is 1. The number of rotatable bonds is 3. The Bertz CT molecular complexity index is 1250. The monoisotopic (exact) mass is 499 g/mol. The molecule has 12 nitrogen and oxygen atoms in total. The summed E-state index contributed by atoms with van der Waals surface area (Å²) in [7, 11) is 0. The molecule has 0 spiro atoms. The largest absolute Gasteiger partial charge is 0.487 e. The predicted octanol–water partition coefficient (Wildman–Crippen LogP) is 1.47. The molecule has 0 radical (unpaired) electrons. The standard InChI is InChI=1S/C24H29N5O7/c1-2-29-20(28-22(30)16-14-26-24(25)27-15-16)13-18-17(23(29)31)3-4-19-21(18)36-12-10-34-8-6-32-5-7-33-9-11-35-19/h3-4,13-15H,2,5-12H2,1H3,(H,28,30)(H2,25,26,27). The van der Waals surface area contributed by atoms with E-state index in [0.29, 0.717) is 74.3 Å². The third-order valence-corrected chi connectivity index (χ3v) is 5.40. The average Bonchev–Trinajstić information content (AvgIpc) is 2.88. The zero-order valence-corrected chi connectivity index (χ0v) is 20.0. The number of nitrogens with zero attached hydrogens (tertiary/aromatic N) is 3. The summed E-state index contributed by atoms with van der Waals surface area (Å²) in [5.41, 5.74) is 5.43. The van der Waals surface area contributed by atoms with Crippen LogP contribution in [0.1, 0.15) is 17.3 Å². The normalized spacial score (nSPS) is 15.6. The van der Waals surface area contributed by atoms with E-state index < -0.39 is 5.91 Å². The molecule has 0 atom stereocenters. The number of ether oxygens (including phenoxy) is 5. The van der Waals surface area contributed by atoms with Gasteiger partial charge in [0, 0.05) is 24.3 Å². The topological polar surface area (TPSA) is 149 Å². The molecule has 0 saturated carbocycles. The van der Waals surface area contributed by atoms with E-state index in [9.17, 15) is 9.59 Å². The fourth-order valence-electron chi connectivity index (χ4n) is 3.66. The quantitative estimate of drug-likeness (QED) is 0.542. The lowest BCUT2D eigenvalue weighted by Crippen LogP contribution is -2.25. The number of anilines is 2. The molecule has 4 rings (SSSR count). The van der Waals surface area contributed by atoms with E-state index in [1.807, 2.05) is 6.92 Å². The predicted molar refractivity (Wildman–Crippen MR) is 132 cm³/mol. The SMILES string of the molecule is CCn1c(NC(=O)c2cnc(N)nc2)cc2c3c(ccc2c1=O)OCCOCCOCCOCCO3. The first-order chi connectivity index (χ1) is 17.6. The Morgan fingerprint density at radius 2 is 1.56 bits per heavy atom. The second-order valence-corrected chi connectivity index (χ2v) is 7.75. The number of amides is 1. The van der Waals surface area contributed by atoms with Gasteiger partial charge in [-0.15, -0.1) is 0 Å². The average molecular weight is 500 g/mol. The highest BCUT2D eigenvalue weighted by Gasteiger charge is 2.18. The molecule has 0 fully saturated rings. The number of nitrogens with one attached hydrogen (secondary N) is 1. The summed E-state index contributed by atoms with van der Waals surface area (Å²) in [6.45, 7) is 5.15. The molecule has 36 heavy (non-hydrogen) atoms. The van der Waals surface area contributed by atoms with Crippen LogP contribution < -0.4 is 26.1 Å². The highest BCUT2D eigenvalue weighted by atomic mass is 16.6. The van der Waals surface area contributed by atoms with Crippen LogP contribution in [0.2, 0.25) is 0 Å². The molecular weight excluding hydrogens is 470 g/mol. The van der Waals surface area contributed by atoms with Gasteiger partial charge in [0.25, 0.3) is 11.5 Å². The first kappa shape index (κ1) is 25.4. The van der Waals surface area contributed by atoms with E-state index >= 15 is 0 Å². The number of benzene rings is 1. The zero-order valence-electron chi connectivity index (χ0n) is 20.0. The molecule has 0 bridgehead atoms. The summed E-state index contributed by atoms with van der Waals surface area (Å²) in [4.78, 5) is 33.9. The fourth-order valence-corrected chi connectivity index (χ4v) is 3.66. The summed E-state index contributed by atoms with van der Waals surface area (Å²) >= 11 is 0. The van der Waals surface area contributed by atoms with Crippen molar-refractivity contribution in [3.63, 3.8) is 0 Å². The van der Waals surface area contributed by atoms with Crippen molar-refractivity contribution in [1.82, 2.24) is 14.5 Å². The van der Waals surface area contributed by atoms with Gasteiger partial charge in [0.2, 0.25) is 5.95 Å². The summed E-state index contributed by atoms with van der Waals surface area (Å²) in [5.74, 6) is 0.704. The van der Waals surface area contributed by atoms with E-state index in [-0.39, 0.29) is 30.3 Å². The maximum Gasteiger partial charge on any atom is 0.260 e. The lowest BCUT2D eigenvalue weighted by molar-refractivity contribution is 0.00711. The van der Waals surface area contributed by atoms with Crippen LogP contribution in [0.5, 0.6) is 11.5 Å². The minimum Gasteiger partial charge on any atom is -0.487 e. The van der Waals surface area contributed by atoms with Gasteiger partial charge in [-0.3, -0.25) is 14.2 Å². The Morgan fingerprint density at radius 3 is 2.19 bits per heavy atom. The first-order valence-electron chi connectivity index (χ1n) is 11.7. The zero-order chi connectivity index (χ0) is 25.3. The maximum absolute atomic E-state index is 13.3. The molecule has 192 valence electrons. The lowest BCUT2D eigenvalue weighted by Gasteiger charge is -2.18. The molecule has 0 saturated heterocycles. The Labute approximate surface area is 207 Å². The number of pyridine rings is 1. The van der Waals surface area contributed by atoms with Crippen molar-refractivity contribution in [2.75, 3.05) is 63.9 Å². The third-order valence-electron chi connectivity index (χ3n) is 5.40. The Kier molecular flexibility index (Phi) is 8.66. The number of nitrogen functional groups attached to an aromatic ring is 1.